The van der Waals surface area contributed by atoms with Gasteiger partial charge in [-0.2, -0.15) is 0 Å². The lowest BCUT2D eigenvalue weighted by Gasteiger charge is -2.07. The van der Waals surface area contributed by atoms with Crippen molar-refractivity contribution >= 4 is 5.97 Å². The maximum Gasteiger partial charge on any atom is 0.305 e. The number of allylic oxidation sites excluding steroid dienone is 8. The number of carbonyl (C=O) groups excluding carboxylic acids is 1. The van der Waals surface area contributed by atoms with Crippen LogP contribution in [0.2, 0.25) is 0 Å². The standard InChI is InChI=1S/C21H34O4/c1-2-3-4-5-6-7-8-9-10-11-12-13-14-15-16-17-21(24)25-19-20(23)18-22/h3-4,6-7,9-10,12-13,20,22-23H,2,5,8,11,14-19H2,1H3/t20-/m0/s1. The van der Waals surface area contributed by atoms with Crippen molar-refractivity contribution in [3.05, 3.63) is 48.6 Å². The Morgan fingerprint density at radius 3 is 2.04 bits per heavy atom. The number of aliphatic hydroxyl groups excluding tert-OH is 2. The van der Waals surface area contributed by atoms with Gasteiger partial charge in [0.1, 0.15) is 12.7 Å². The third kappa shape index (κ3) is 18.5. The Bertz CT molecular complexity index is 422. The number of hydrogen-bond acceptors (Lipinski definition) is 4. The highest BCUT2D eigenvalue weighted by atomic mass is 16.5. The first-order chi connectivity index (χ1) is 12.2. The van der Waals surface area contributed by atoms with E-state index in [1.807, 2.05) is 0 Å². The molecule has 0 radical (unpaired) electrons. The molecule has 0 spiro atoms. The van der Waals surface area contributed by atoms with E-state index in [-0.39, 0.29) is 19.2 Å². The van der Waals surface area contributed by atoms with Gasteiger partial charge in [0.2, 0.25) is 0 Å². The Morgan fingerprint density at radius 2 is 1.48 bits per heavy atom. The Hall–Kier alpha value is -1.65. The first kappa shape index (κ1) is 23.4. The van der Waals surface area contributed by atoms with E-state index in [1.165, 1.54) is 0 Å². The van der Waals surface area contributed by atoms with E-state index in [9.17, 15) is 4.79 Å². The van der Waals surface area contributed by atoms with Crippen LogP contribution in [0.15, 0.2) is 48.6 Å². The first-order valence-corrected chi connectivity index (χ1v) is 9.25. The minimum Gasteiger partial charge on any atom is -0.463 e. The van der Waals surface area contributed by atoms with Crippen LogP contribution < -0.4 is 0 Å². The van der Waals surface area contributed by atoms with Crippen molar-refractivity contribution in [2.75, 3.05) is 13.2 Å². The zero-order chi connectivity index (χ0) is 18.6. The molecule has 142 valence electrons. The SMILES string of the molecule is CCC=CCC=CCC=CCC=CCCCCC(=O)OC[C@@H](O)CO. The van der Waals surface area contributed by atoms with Crippen molar-refractivity contribution in [1.29, 1.82) is 0 Å². The fourth-order valence-corrected chi connectivity index (χ4v) is 1.94. The Balaban J connectivity index is 3.47. The summed E-state index contributed by atoms with van der Waals surface area (Å²) >= 11 is 0. The molecular weight excluding hydrogens is 316 g/mol. The second-order valence-corrected chi connectivity index (χ2v) is 5.77. The summed E-state index contributed by atoms with van der Waals surface area (Å²) in [5.74, 6) is -0.322. The van der Waals surface area contributed by atoms with Crippen molar-refractivity contribution in [2.24, 2.45) is 0 Å². The minimum atomic E-state index is -0.978. The summed E-state index contributed by atoms with van der Waals surface area (Å²) in [5, 5.41) is 17.7. The number of rotatable bonds is 15. The van der Waals surface area contributed by atoms with Crippen LogP contribution in [0.1, 0.15) is 58.3 Å². The van der Waals surface area contributed by atoms with E-state index in [2.05, 4.69) is 55.5 Å². The molecule has 0 saturated carbocycles. The molecular formula is C21H34O4. The van der Waals surface area contributed by atoms with E-state index in [0.29, 0.717) is 6.42 Å². The molecule has 0 rings (SSSR count). The Kier molecular flexibility index (Phi) is 17.5. The Morgan fingerprint density at radius 1 is 0.920 bits per heavy atom. The highest BCUT2D eigenvalue weighted by Crippen LogP contribution is 2.03. The smallest absolute Gasteiger partial charge is 0.305 e. The molecule has 4 heteroatoms. The van der Waals surface area contributed by atoms with E-state index in [1.54, 1.807) is 0 Å². The lowest BCUT2D eigenvalue weighted by Crippen LogP contribution is -2.21. The summed E-state index contributed by atoms with van der Waals surface area (Å²) in [4.78, 5) is 11.3. The van der Waals surface area contributed by atoms with E-state index >= 15 is 0 Å². The first-order valence-electron chi connectivity index (χ1n) is 9.25. The van der Waals surface area contributed by atoms with Gasteiger partial charge < -0.3 is 14.9 Å². The van der Waals surface area contributed by atoms with Crippen molar-refractivity contribution < 1.29 is 19.7 Å². The molecule has 0 aromatic rings. The maximum atomic E-state index is 11.3. The maximum absolute atomic E-state index is 11.3. The number of ether oxygens (including phenoxy) is 1. The molecule has 0 heterocycles. The second kappa shape index (κ2) is 18.7. The van der Waals surface area contributed by atoms with E-state index in [0.717, 1.165) is 44.9 Å². The molecule has 1 atom stereocenters. The predicted molar refractivity (Wildman–Crippen MR) is 103 cm³/mol. The summed E-state index contributed by atoms with van der Waals surface area (Å²) in [6.45, 7) is 1.61. The lowest BCUT2D eigenvalue weighted by molar-refractivity contribution is -0.147. The van der Waals surface area contributed by atoms with Crippen LogP contribution in [0.4, 0.5) is 0 Å². The average Bonchev–Trinajstić information content (AvgIpc) is 2.62. The largest absolute Gasteiger partial charge is 0.463 e. The van der Waals surface area contributed by atoms with Gasteiger partial charge in [0.25, 0.3) is 0 Å². The van der Waals surface area contributed by atoms with Crippen LogP contribution in [0.3, 0.4) is 0 Å². The van der Waals surface area contributed by atoms with Gasteiger partial charge in [-0.15, -0.1) is 0 Å². The third-order valence-corrected chi connectivity index (χ3v) is 3.37. The number of unbranched alkanes of at least 4 members (excludes halogenated alkanes) is 2. The van der Waals surface area contributed by atoms with Crippen molar-refractivity contribution in [3.63, 3.8) is 0 Å². The van der Waals surface area contributed by atoms with Crippen molar-refractivity contribution in [1.82, 2.24) is 0 Å². The van der Waals surface area contributed by atoms with Gasteiger partial charge in [0.15, 0.2) is 0 Å². The van der Waals surface area contributed by atoms with Gasteiger partial charge in [-0.3, -0.25) is 4.79 Å². The normalized spacial score (nSPS) is 13.6. The monoisotopic (exact) mass is 350 g/mol. The molecule has 0 unspecified atom stereocenters. The number of hydrogen-bond donors (Lipinski definition) is 2. The van der Waals surface area contributed by atoms with E-state index in [4.69, 9.17) is 14.9 Å². The Labute approximate surface area is 152 Å². The fraction of sp³-hybridized carbons (Fsp3) is 0.571. The number of carbonyl (C=O) groups is 1. The van der Waals surface area contributed by atoms with Crippen LogP contribution >= 0.6 is 0 Å². The minimum absolute atomic E-state index is 0.133. The van der Waals surface area contributed by atoms with Gasteiger partial charge in [0, 0.05) is 6.42 Å². The van der Waals surface area contributed by atoms with E-state index < -0.39 is 6.10 Å². The quantitative estimate of drug-likeness (QED) is 0.263. The van der Waals surface area contributed by atoms with Crippen LogP contribution in [0.25, 0.3) is 0 Å². The zero-order valence-electron chi connectivity index (χ0n) is 15.5. The topological polar surface area (TPSA) is 66.8 Å². The fourth-order valence-electron chi connectivity index (χ4n) is 1.94. The summed E-state index contributed by atoms with van der Waals surface area (Å²) < 4.78 is 4.83. The van der Waals surface area contributed by atoms with Gasteiger partial charge in [-0.25, -0.2) is 0 Å². The van der Waals surface area contributed by atoms with Crippen molar-refractivity contribution in [3.8, 4) is 0 Å². The van der Waals surface area contributed by atoms with Crippen LogP contribution in [0, 0.1) is 0 Å². The molecule has 25 heavy (non-hydrogen) atoms. The predicted octanol–water partition coefficient (Wildman–Crippen LogP) is 4.25. The van der Waals surface area contributed by atoms with Crippen LogP contribution in [-0.2, 0) is 9.53 Å². The second-order valence-electron chi connectivity index (χ2n) is 5.77. The molecule has 4 nitrogen and oxygen atoms in total. The highest BCUT2D eigenvalue weighted by molar-refractivity contribution is 5.69. The van der Waals surface area contributed by atoms with Crippen LogP contribution in [0.5, 0.6) is 0 Å². The van der Waals surface area contributed by atoms with Gasteiger partial charge in [-0.05, 0) is 44.9 Å². The van der Waals surface area contributed by atoms with Crippen LogP contribution in [-0.4, -0.2) is 35.5 Å². The zero-order valence-corrected chi connectivity index (χ0v) is 15.5. The molecule has 2 N–H and O–H groups in total. The molecule has 0 saturated heterocycles. The molecule has 0 bridgehead atoms. The molecule has 0 aliphatic heterocycles. The highest BCUT2D eigenvalue weighted by Gasteiger charge is 2.06. The number of aliphatic hydroxyl groups is 2. The summed E-state index contributed by atoms with van der Waals surface area (Å²) in [6.07, 6.45) is 23.4. The van der Waals surface area contributed by atoms with Gasteiger partial charge in [-0.1, -0.05) is 55.5 Å². The van der Waals surface area contributed by atoms with Gasteiger partial charge in [0.05, 0.1) is 6.61 Å². The summed E-state index contributed by atoms with van der Waals surface area (Å²) in [5.41, 5.74) is 0. The molecule has 0 aliphatic carbocycles. The van der Waals surface area contributed by atoms with Crippen molar-refractivity contribution in [2.45, 2.75) is 64.4 Å². The molecule has 0 aromatic carbocycles. The molecule has 0 aromatic heterocycles. The van der Waals surface area contributed by atoms with Gasteiger partial charge >= 0.3 is 5.97 Å². The molecule has 0 amide bonds. The lowest BCUT2D eigenvalue weighted by atomic mass is 10.2. The summed E-state index contributed by atoms with van der Waals surface area (Å²) in [7, 11) is 0. The average molecular weight is 350 g/mol. The molecule has 0 aliphatic rings. The number of esters is 1. The molecule has 0 fully saturated rings. The third-order valence-electron chi connectivity index (χ3n) is 3.37. The summed E-state index contributed by atoms with van der Waals surface area (Å²) in [6, 6.07) is 0.